The minimum atomic E-state index is -3.63. The second-order valence-corrected chi connectivity index (χ2v) is 8.42. The van der Waals surface area contributed by atoms with Crippen molar-refractivity contribution in [3.05, 3.63) is 60.2 Å². The van der Waals surface area contributed by atoms with Crippen molar-refractivity contribution in [2.24, 2.45) is 7.05 Å². The molecule has 0 aliphatic heterocycles. The van der Waals surface area contributed by atoms with Gasteiger partial charge in [0.2, 0.25) is 5.88 Å². The summed E-state index contributed by atoms with van der Waals surface area (Å²) in [6.07, 6.45) is 0.978. The van der Waals surface area contributed by atoms with Crippen LogP contribution < -0.4 is 8.92 Å². The summed E-state index contributed by atoms with van der Waals surface area (Å²) < 4.78 is 34.9. The Hall–Kier alpha value is -3.90. The van der Waals surface area contributed by atoms with Crippen LogP contribution in [0.2, 0.25) is 0 Å². The molecule has 0 amide bonds. The van der Waals surface area contributed by atoms with E-state index in [1.54, 1.807) is 18.2 Å². The number of imidazole rings is 1. The van der Waals surface area contributed by atoms with E-state index < -0.39 is 10.1 Å². The lowest BCUT2D eigenvalue weighted by Gasteiger charge is -2.12. The number of nitriles is 1. The molecule has 0 unspecified atom stereocenters. The number of hydrogen-bond donors (Lipinski definition) is 0. The van der Waals surface area contributed by atoms with Gasteiger partial charge in [-0.25, -0.2) is 9.97 Å². The number of rotatable bonds is 5. The molecule has 4 aromatic rings. The van der Waals surface area contributed by atoms with E-state index in [0.717, 1.165) is 17.3 Å². The highest BCUT2D eigenvalue weighted by molar-refractivity contribution is 7.86. The molecule has 0 aliphatic carbocycles. The van der Waals surface area contributed by atoms with Crippen LogP contribution >= 0.6 is 0 Å². The zero-order valence-corrected chi connectivity index (χ0v) is 17.8. The Bertz CT molecular complexity index is 1440. The standard InChI is InChI=1S/C22H18N4O4S/c1-26-20-7-5-4-6-18(20)24-21(26)19-12-16(17(13-23)22(25-19)29-2)14-8-10-15(11-9-14)30-31(3,27)28/h4-12H,1-3H3. The van der Waals surface area contributed by atoms with Crippen molar-refractivity contribution in [1.29, 1.82) is 5.26 Å². The largest absolute Gasteiger partial charge is 0.480 e. The molecule has 2 heterocycles. The van der Waals surface area contributed by atoms with Crippen LogP contribution in [0.4, 0.5) is 0 Å². The number of benzene rings is 2. The molecule has 8 nitrogen and oxygen atoms in total. The zero-order valence-electron chi connectivity index (χ0n) is 17.0. The minimum absolute atomic E-state index is 0.179. The lowest BCUT2D eigenvalue weighted by Crippen LogP contribution is -2.05. The van der Waals surface area contributed by atoms with E-state index in [4.69, 9.17) is 8.92 Å². The molecule has 156 valence electrons. The van der Waals surface area contributed by atoms with Crippen molar-refractivity contribution in [3.63, 3.8) is 0 Å². The quantitative estimate of drug-likeness (QED) is 0.442. The fraction of sp³-hybridized carbons (Fsp3) is 0.136. The van der Waals surface area contributed by atoms with Crippen LogP contribution in [0.1, 0.15) is 5.56 Å². The summed E-state index contributed by atoms with van der Waals surface area (Å²) in [4.78, 5) is 9.19. The third kappa shape index (κ3) is 3.93. The topological polar surface area (TPSA) is 107 Å². The summed E-state index contributed by atoms with van der Waals surface area (Å²) >= 11 is 0. The van der Waals surface area contributed by atoms with Gasteiger partial charge < -0.3 is 13.5 Å². The molecule has 0 saturated heterocycles. The number of pyridine rings is 1. The maximum atomic E-state index is 11.3. The highest BCUT2D eigenvalue weighted by Gasteiger charge is 2.19. The van der Waals surface area contributed by atoms with Crippen molar-refractivity contribution in [3.8, 4) is 40.3 Å². The van der Waals surface area contributed by atoms with Gasteiger partial charge in [-0.2, -0.15) is 13.7 Å². The SMILES string of the molecule is COc1nc(-c2nc3ccccc3n2C)cc(-c2ccc(OS(C)(=O)=O)cc2)c1C#N. The van der Waals surface area contributed by atoms with Crippen LogP contribution in [0.15, 0.2) is 54.6 Å². The third-order valence-corrected chi connectivity index (χ3v) is 5.22. The van der Waals surface area contributed by atoms with Crippen LogP contribution in [0.25, 0.3) is 33.7 Å². The smallest absolute Gasteiger partial charge is 0.306 e. The lowest BCUT2D eigenvalue weighted by molar-refractivity contribution is 0.397. The van der Waals surface area contributed by atoms with Crippen LogP contribution in [0, 0.1) is 11.3 Å². The van der Waals surface area contributed by atoms with E-state index in [0.29, 0.717) is 22.6 Å². The van der Waals surface area contributed by atoms with E-state index in [-0.39, 0.29) is 17.2 Å². The second kappa shape index (κ2) is 7.74. The van der Waals surface area contributed by atoms with E-state index >= 15 is 0 Å². The summed E-state index contributed by atoms with van der Waals surface area (Å²) in [5.41, 5.74) is 3.85. The number of para-hydroxylation sites is 2. The molecule has 0 spiro atoms. The average molecular weight is 434 g/mol. The predicted molar refractivity (Wildman–Crippen MR) is 116 cm³/mol. The molecule has 9 heteroatoms. The van der Waals surface area contributed by atoms with Gasteiger partial charge in [-0.1, -0.05) is 24.3 Å². The summed E-state index contributed by atoms with van der Waals surface area (Å²) in [5, 5.41) is 9.73. The zero-order chi connectivity index (χ0) is 22.2. The Morgan fingerprint density at radius 1 is 1.06 bits per heavy atom. The molecule has 31 heavy (non-hydrogen) atoms. The van der Waals surface area contributed by atoms with Crippen molar-refractivity contribution >= 4 is 21.2 Å². The van der Waals surface area contributed by atoms with Crippen LogP contribution in [-0.4, -0.2) is 36.3 Å². The van der Waals surface area contributed by atoms with E-state index in [1.165, 1.54) is 19.2 Å². The third-order valence-electron chi connectivity index (χ3n) is 4.72. The molecule has 2 aromatic heterocycles. The van der Waals surface area contributed by atoms with Crippen molar-refractivity contribution in [1.82, 2.24) is 14.5 Å². The number of ether oxygens (including phenoxy) is 1. The molecule has 0 aliphatic rings. The number of methoxy groups -OCH3 is 1. The van der Waals surface area contributed by atoms with Gasteiger partial charge in [-0.05, 0) is 35.9 Å². The first-order valence-electron chi connectivity index (χ1n) is 9.21. The molecule has 0 fully saturated rings. The Balaban J connectivity index is 1.88. The van der Waals surface area contributed by atoms with E-state index in [9.17, 15) is 13.7 Å². The van der Waals surface area contributed by atoms with Crippen molar-refractivity contribution < 1.29 is 17.3 Å². The van der Waals surface area contributed by atoms with Crippen molar-refractivity contribution in [2.75, 3.05) is 13.4 Å². The number of aryl methyl sites for hydroxylation is 1. The summed E-state index contributed by atoms with van der Waals surface area (Å²) in [6.45, 7) is 0. The molecule has 0 saturated carbocycles. The highest BCUT2D eigenvalue weighted by atomic mass is 32.2. The lowest BCUT2D eigenvalue weighted by atomic mass is 10.0. The maximum absolute atomic E-state index is 11.3. The van der Waals surface area contributed by atoms with Crippen molar-refractivity contribution in [2.45, 2.75) is 0 Å². The first-order chi connectivity index (χ1) is 14.8. The number of hydrogen-bond acceptors (Lipinski definition) is 7. The predicted octanol–water partition coefficient (Wildman–Crippen LogP) is 3.52. The summed E-state index contributed by atoms with van der Waals surface area (Å²) in [7, 11) is -0.282. The highest BCUT2D eigenvalue weighted by Crippen LogP contribution is 2.34. The van der Waals surface area contributed by atoms with Gasteiger partial charge in [0.05, 0.1) is 24.4 Å². The monoisotopic (exact) mass is 434 g/mol. The van der Waals surface area contributed by atoms with E-state index in [2.05, 4.69) is 16.0 Å². The Morgan fingerprint density at radius 3 is 2.39 bits per heavy atom. The average Bonchev–Trinajstić information content (AvgIpc) is 3.09. The minimum Gasteiger partial charge on any atom is -0.480 e. The van der Waals surface area contributed by atoms with Crippen LogP contribution in [0.3, 0.4) is 0 Å². The van der Waals surface area contributed by atoms with Gasteiger partial charge in [0.25, 0.3) is 0 Å². The summed E-state index contributed by atoms with van der Waals surface area (Å²) in [5.74, 6) is 0.988. The second-order valence-electron chi connectivity index (χ2n) is 6.85. The van der Waals surface area contributed by atoms with Gasteiger partial charge in [0.1, 0.15) is 23.1 Å². The van der Waals surface area contributed by atoms with Gasteiger partial charge in [0, 0.05) is 12.6 Å². The van der Waals surface area contributed by atoms with Crippen LogP contribution in [0.5, 0.6) is 11.6 Å². The maximum Gasteiger partial charge on any atom is 0.306 e. The fourth-order valence-electron chi connectivity index (χ4n) is 3.36. The van der Waals surface area contributed by atoms with E-state index in [1.807, 2.05) is 35.9 Å². The molecule has 0 bridgehead atoms. The molecule has 0 radical (unpaired) electrons. The number of fused-ring (bicyclic) bond motifs is 1. The molecule has 2 aromatic carbocycles. The first kappa shape index (κ1) is 20.4. The van der Waals surface area contributed by atoms with Crippen LogP contribution in [-0.2, 0) is 17.2 Å². The normalized spacial score (nSPS) is 11.3. The molecular formula is C22H18N4O4S. The fourth-order valence-corrected chi connectivity index (χ4v) is 3.82. The molecule has 0 N–H and O–H groups in total. The Morgan fingerprint density at radius 2 is 1.77 bits per heavy atom. The Kier molecular flexibility index (Phi) is 5.09. The molecule has 4 rings (SSSR count). The summed E-state index contributed by atoms with van der Waals surface area (Å²) in [6, 6.07) is 18.1. The first-order valence-corrected chi connectivity index (χ1v) is 11.0. The Labute approximate surface area is 179 Å². The van der Waals surface area contributed by atoms with Gasteiger partial charge in [-0.3, -0.25) is 0 Å². The number of aromatic nitrogens is 3. The number of nitrogens with zero attached hydrogens (tertiary/aromatic N) is 4. The molecule has 0 atom stereocenters. The van der Waals surface area contributed by atoms with Gasteiger partial charge in [0.15, 0.2) is 5.82 Å². The van der Waals surface area contributed by atoms with Gasteiger partial charge in [-0.15, -0.1) is 0 Å². The van der Waals surface area contributed by atoms with Gasteiger partial charge >= 0.3 is 10.1 Å². The molecular weight excluding hydrogens is 416 g/mol.